The van der Waals surface area contributed by atoms with Gasteiger partial charge in [-0.15, -0.1) is 0 Å². The second-order valence-electron chi connectivity index (χ2n) is 4.81. The van der Waals surface area contributed by atoms with Crippen molar-refractivity contribution in [2.75, 3.05) is 5.73 Å². The Morgan fingerprint density at radius 1 is 1.39 bits per heavy atom. The Kier molecular flexibility index (Phi) is 2.74. The van der Waals surface area contributed by atoms with Crippen molar-refractivity contribution in [3.8, 4) is 11.4 Å². The summed E-state index contributed by atoms with van der Waals surface area (Å²) in [5.41, 5.74) is 8.58. The van der Waals surface area contributed by atoms with Gasteiger partial charge < -0.3 is 10.7 Å². The molecule has 1 saturated carbocycles. The lowest BCUT2D eigenvalue weighted by atomic mass is 10.1. The summed E-state index contributed by atoms with van der Waals surface area (Å²) in [6, 6.07) is 1.86. The molecule has 0 spiro atoms. The third-order valence-electron chi connectivity index (χ3n) is 3.27. The van der Waals surface area contributed by atoms with Crippen molar-refractivity contribution in [1.82, 2.24) is 19.9 Å². The highest BCUT2D eigenvalue weighted by molar-refractivity contribution is 5.58. The van der Waals surface area contributed by atoms with E-state index in [0.717, 1.165) is 36.0 Å². The van der Waals surface area contributed by atoms with Crippen LogP contribution in [0, 0.1) is 5.92 Å². The number of nitrogens with two attached hydrogens (primary N) is 1. The van der Waals surface area contributed by atoms with Crippen molar-refractivity contribution in [3.63, 3.8) is 0 Å². The van der Waals surface area contributed by atoms with Crippen molar-refractivity contribution in [1.29, 1.82) is 0 Å². The topological polar surface area (TPSA) is 80.5 Å². The number of aryl methyl sites for hydroxylation is 1. The van der Waals surface area contributed by atoms with Crippen molar-refractivity contribution in [3.05, 3.63) is 23.8 Å². The maximum Gasteiger partial charge on any atom is 0.220 e. The summed E-state index contributed by atoms with van der Waals surface area (Å²) in [6.45, 7) is 2.10. The molecule has 1 aliphatic rings. The largest absolute Gasteiger partial charge is 0.368 e. The number of rotatable bonds is 4. The van der Waals surface area contributed by atoms with E-state index < -0.39 is 0 Å². The summed E-state index contributed by atoms with van der Waals surface area (Å²) in [5, 5.41) is 0. The van der Waals surface area contributed by atoms with Gasteiger partial charge in [0.1, 0.15) is 11.5 Å². The normalized spacial score (nSPS) is 14.9. The van der Waals surface area contributed by atoms with E-state index in [0.29, 0.717) is 5.95 Å². The maximum absolute atomic E-state index is 5.64. The van der Waals surface area contributed by atoms with Crippen molar-refractivity contribution in [2.24, 2.45) is 5.92 Å². The highest BCUT2D eigenvalue weighted by Crippen LogP contribution is 2.34. The molecule has 18 heavy (non-hydrogen) atoms. The Balaban J connectivity index is 2.00. The van der Waals surface area contributed by atoms with Crippen LogP contribution in [0.2, 0.25) is 0 Å². The molecular weight excluding hydrogens is 226 g/mol. The Bertz CT molecular complexity index is 556. The molecule has 0 aromatic carbocycles. The lowest BCUT2D eigenvalue weighted by molar-refractivity contribution is 0.806. The molecule has 0 amide bonds. The molecule has 2 heterocycles. The number of anilines is 1. The lowest BCUT2D eigenvalue weighted by Crippen LogP contribution is -1.97. The second-order valence-corrected chi connectivity index (χ2v) is 4.81. The van der Waals surface area contributed by atoms with Crippen molar-refractivity contribution in [2.45, 2.75) is 32.6 Å². The van der Waals surface area contributed by atoms with E-state index in [1.807, 2.05) is 6.07 Å². The average molecular weight is 243 g/mol. The van der Waals surface area contributed by atoms with Crippen molar-refractivity contribution >= 4 is 5.95 Å². The molecule has 1 fully saturated rings. The molecule has 2 aromatic rings. The number of H-pyrrole nitrogens is 1. The fraction of sp³-hybridized carbons (Fsp3) is 0.462. The van der Waals surface area contributed by atoms with Gasteiger partial charge in [-0.25, -0.2) is 15.0 Å². The Morgan fingerprint density at radius 2 is 2.22 bits per heavy atom. The fourth-order valence-corrected chi connectivity index (χ4v) is 2.11. The zero-order valence-corrected chi connectivity index (χ0v) is 10.5. The fourth-order valence-electron chi connectivity index (χ4n) is 2.11. The van der Waals surface area contributed by atoms with E-state index in [2.05, 4.69) is 26.9 Å². The molecule has 5 heteroatoms. The van der Waals surface area contributed by atoms with Gasteiger partial charge in [-0.05, 0) is 31.2 Å². The van der Waals surface area contributed by atoms with E-state index in [-0.39, 0.29) is 0 Å². The van der Waals surface area contributed by atoms with Crippen LogP contribution in [0.3, 0.4) is 0 Å². The first kappa shape index (κ1) is 11.2. The molecule has 0 radical (unpaired) electrons. The van der Waals surface area contributed by atoms with E-state index in [9.17, 15) is 0 Å². The van der Waals surface area contributed by atoms with Gasteiger partial charge in [-0.3, -0.25) is 0 Å². The first-order valence-electron chi connectivity index (χ1n) is 6.43. The summed E-state index contributed by atoms with van der Waals surface area (Å²) in [4.78, 5) is 16.2. The zero-order chi connectivity index (χ0) is 12.5. The number of hydrogen-bond donors (Lipinski definition) is 2. The molecule has 94 valence electrons. The van der Waals surface area contributed by atoms with E-state index in [1.165, 1.54) is 18.5 Å². The minimum absolute atomic E-state index is 0.297. The molecule has 0 saturated heterocycles. The van der Waals surface area contributed by atoms with Gasteiger partial charge in [0.2, 0.25) is 5.95 Å². The van der Waals surface area contributed by atoms with E-state index in [4.69, 9.17) is 5.73 Å². The molecule has 1 aliphatic carbocycles. The highest BCUT2D eigenvalue weighted by Gasteiger charge is 2.25. The molecule has 0 atom stereocenters. The highest BCUT2D eigenvalue weighted by atomic mass is 15.0. The third-order valence-corrected chi connectivity index (χ3v) is 3.27. The van der Waals surface area contributed by atoms with Gasteiger partial charge in [0.15, 0.2) is 0 Å². The molecule has 0 unspecified atom stereocenters. The van der Waals surface area contributed by atoms with Crippen LogP contribution < -0.4 is 5.73 Å². The Morgan fingerprint density at radius 3 is 2.89 bits per heavy atom. The van der Waals surface area contributed by atoms with E-state index >= 15 is 0 Å². The number of nitrogens with one attached hydrogen (secondary N) is 1. The van der Waals surface area contributed by atoms with Gasteiger partial charge >= 0.3 is 0 Å². The van der Waals surface area contributed by atoms with Crippen molar-refractivity contribution < 1.29 is 0 Å². The number of imidazole rings is 1. The standard InChI is InChI=1S/C13H17N5/c1-2-11-16-10(7-8-3-4-8)12(18-11)9-5-6-15-13(14)17-9/h5-6,8H,2-4,7H2,1H3,(H,16,18)(H2,14,15,17). The van der Waals surface area contributed by atoms with Crippen LogP contribution in [0.1, 0.15) is 31.3 Å². The number of hydrogen-bond acceptors (Lipinski definition) is 4. The first-order valence-corrected chi connectivity index (χ1v) is 6.43. The Hall–Kier alpha value is -1.91. The predicted molar refractivity (Wildman–Crippen MR) is 69.8 cm³/mol. The first-order chi connectivity index (χ1) is 8.76. The van der Waals surface area contributed by atoms with Crippen LogP contribution in [0.4, 0.5) is 5.95 Å². The average Bonchev–Trinajstić information content (AvgIpc) is 3.07. The van der Waals surface area contributed by atoms with Crippen LogP contribution in [-0.4, -0.2) is 19.9 Å². The number of aromatic amines is 1. The molecule has 5 nitrogen and oxygen atoms in total. The summed E-state index contributed by atoms with van der Waals surface area (Å²) in [5.74, 6) is 2.12. The summed E-state index contributed by atoms with van der Waals surface area (Å²) < 4.78 is 0. The number of nitrogen functional groups attached to an aromatic ring is 1. The predicted octanol–water partition coefficient (Wildman–Crippen LogP) is 1.96. The molecule has 2 aromatic heterocycles. The minimum Gasteiger partial charge on any atom is -0.368 e. The molecule has 3 rings (SSSR count). The summed E-state index contributed by atoms with van der Waals surface area (Å²) in [7, 11) is 0. The van der Waals surface area contributed by atoms with Gasteiger partial charge in [-0.2, -0.15) is 0 Å². The van der Waals surface area contributed by atoms with Crippen LogP contribution in [0.25, 0.3) is 11.4 Å². The zero-order valence-electron chi connectivity index (χ0n) is 10.5. The lowest BCUT2D eigenvalue weighted by Gasteiger charge is -2.01. The summed E-state index contributed by atoms with van der Waals surface area (Å²) in [6.07, 6.45) is 6.29. The maximum atomic E-state index is 5.64. The monoisotopic (exact) mass is 243 g/mol. The SMILES string of the molecule is CCc1nc(-c2ccnc(N)n2)c(CC2CC2)[nH]1. The number of aromatic nitrogens is 4. The Labute approximate surface area is 106 Å². The van der Waals surface area contributed by atoms with Gasteiger partial charge in [-0.1, -0.05) is 6.92 Å². The second kappa shape index (κ2) is 4.40. The third kappa shape index (κ3) is 2.20. The van der Waals surface area contributed by atoms with Crippen LogP contribution in [0.5, 0.6) is 0 Å². The number of nitrogens with zero attached hydrogens (tertiary/aromatic N) is 3. The molecular formula is C13H17N5. The van der Waals surface area contributed by atoms with E-state index in [1.54, 1.807) is 6.20 Å². The molecule has 0 bridgehead atoms. The minimum atomic E-state index is 0.297. The molecule has 0 aliphatic heterocycles. The summed E-state index contributed by atoms with van der Waals surface area (Å²) >= 11 is 0. The van der Waals surface area contributed by atoms with Gasteiger partial charge in [0.05, 0.1) is 5.69 Å². The quantitative estimate of drug-likeness (QED) is 0.860. The molecule has 3 N–H and O–H groups in total. The van der Waals surface area contributed by atoms with Crippen LogP contribution >= 0.6 is 0 Å². The smallest absolute Gasteiger partial charge is 0.220 e. The van der Waals surface area contributed by atoms with Crippen LogP contribution in [-0.2, 0) is 12.8 Å². The van der Waals surface area contributed by atoms with Gasteiger partial charge in [0, 0.05) is 18.3 Å². The van der Waals surface area contributed by atoms with Gasteiger partial charge in [0.25, 0.3) is 0 Å². The van der Waals surface area contributed by atoms with Crippen LogP contribution in [0.15, 0.2) is 12.3 Å².